The van der Waals surface area contributed by atoms with Gasteiger partial charge in [0.2, 0.25) is 0 Å². The van der Waals surface area contributed by atoms with Gasteiger partial charge in [0.05, 0.1) is 0 Å². The van der Waals surface area contributed by atoms with Crippen LogP contribution in [0.3, 0.4) is 0 Å². The van der Waals surface area contributed by atoms with Gasteiger partial charge in [-0.2, -0.15) is 0 Å². The van der Waals surface area contributed by atoms with Crippen molar-refractivity contribution in [1.29, 1.82) is 0 Å². The minimum Gasteiger partial charge on any atom is -0.315 e. The highest BCUT2D eigenvalue weighted by Crippen LogP contribution is 2.28. The van der Waals surface area contributed by atoms with Crippen molar-refractivity contribution >= 4 is 0 Å². The molecule has 112 valence electrons. The van der Waals surface area contributed by atoms with Crippen LogP contribution < -0.4 is 5.32 Å². The predicted octanol–water partition coefficient (Wildman–Crippen LogP) is 2.18. The lowest BCUT2D eigenvalue weighted by Gasteiger charge is -2.31. The molecule has 3 unspecified atom stereocenters. The summed E-state index contributed by atoms with van der Waals surface area (Å²) in [4.78, 5) is 5.35. The van der Waals surface area contributed by atoms with Gasteiger partial charge in [0.15, 0.2) is 0 Å². The second-order valence-corrected chi connectivity index (χ2v) is 7.07. The highest BCUT2D eigenvalue weighted by molar-refractivity contribution is 4.92. The first kappa shape index (κ1) is 15.3. The zero-order chi connectivity index (χ0) is 13.8. The molecule has 19 heavy (non-hydrogen) atoms. The van der Waals surface area contributed by atoms with E-state index in [0.717, 1.165) is 24.5 Å². The normalized spacial score (nSPS) is 30.8. The van der Waals surface area contributed by atoms with E-state index in [1.165, 1.54) is 45.3 Å². The summed E-state index contributed by atoms with van der Waals surface area (Å²) in [6.45, 7) is 11.9. The number of rotatable bonds is 6. The Bertz CT molecular complexity index is 267. The summed E-state index contributed by atoms with van der Waals surface area (Å²) in [5, 5.41) is 3.63. The second kappa shape index (κ2) is 7.05. The van der Waals surface area contributed by atoms with Crippen LogP contribution >= 0.6 is 0 Å². The summed E-state index contributed by atoms with van der Waals surface area (Å²) in [5.74, 6) is 0.811. The zero-order valence-corrected chi connectivity index (χ0v) is 13.4. The summed E-state index contributed by atoms with van der Waals surface area (Å²) in [6.07, 6.45) is 5.49. The minimum absolute atomic E-state index is 0.680. The Balaban J connectivity index is 1.72. The number of hydrogen-bond acceptors (Lipinski definition) is 3. The van der Waals surface area contributed by atoms with Crippen LogP contribution in [0.25, 0.3) is 0 Å². The van der Waals surface area contributed by atoms with Crippen LogP contribution in [-0.4, -0.2) is 61.2 Å². The largest absolute Gasteiger partial charge is 0.315 e. The maximum atomic E-state index is 3.63. The SMILES string of the molecule is CC(C)CCNCC(C)N1CCC2CCC(C1)N2C. The number of nitrogens with one attached hydrogen (secondary N) is 1. The molecule has 3 atom stereocenters. The van der Waals surface area contributed by atoms with Gasteiger partial charge in [-0.1, -0.05) is 13.8 Å². The Morgan fingerprint density at radius 1 is 1.11 bits per heavy atom. The smallest absolute Gasteiger partial charge is 0.0223 e. The maximum absolute atomic E-state index is 3.63. The number of nitrogens with zero attached hydrogens (tertiary/aromatic N) is 2. The number of likely N-dealkylation sites (N-methyl/N-ethyl adjacent to an activating group) is 1. The first-order chi connectivity index (χ1) is 9.08. The van der Waals surface area contributed by atoms with Crippen molar-refractivity contribution in [2.24, 2.45) is 5.92 Å². The molecule has 0 radical (unpaired) electrons. The third-order valence-electron chi connectivity index (χ3n) is 5.14. The summed E-state index contributed by atoms with van der Waals surface area (Å²) in [6, 6.07) is 2.35. The molecule has 2 rings (SSSR count). The van der Waals surface area contributed by atoms with E-state index in [2.05, 4.69) is 42.9 Å². The van der Waals surface area contributed by atoms with Gasteiger partial charge in [-0.3, -0.25) is 9.80 Å². The summed E-state index contributed by atoms with van der Waals surface area (Å²) >= 11 is 0. The van der Waals surface area contributed by atoms with Crippen molar-refractivity contribution in [3.8, 4) is 0 Å². The van der Waals surface area contributed by atoms with Gasteiger partial charge in [0.25, 0.3) is 0 Å². The Morgan fingerprint density at radius 2 is 1.84 bits per heavy atom. The second-order valence-electron chi connectivity index (χ2n) is 7.07. The van der Waals surface area contributed by atoms with Gasteiger partial charge in [-0.15, -0.1) is 0 Å². The van der Waals surface area contributed by atoms with Crippen LogP contribution in [0.1, 0.15) is 46.5 Å². The van der Waals surface area contributed by atoms with Crippen LogP contribution in [-0.2, 0) is 0 Å². The van der Waals surface area contributed by atoms with E-state index in [1.807, 2.05) is 0 Å². The van der Waals surface area contributed by atoms with Gasteiger partial charge in [-0.05, 0) is 52.1 Å². The minimum atomic E-state index is 0.680. The highest BCUT2D eigenvalue weighted by Gasteiger charge is 2.35. The lowest BCUT2D eigenvalue weighted by molar-refractivity contribution is 0.177. The van der Waals surface area contributed by atoms with Gasteiger partial charge in [-0.25, -0.2) is 0 Å². The molecule has 2 saturated heterocycles. The molecular weight excluding hydrogens is 234 g/mol. The molecule has 0 aromatic rings. The molecule has 3 nitrogen and oxygen atoms in total. The average Bonchev–Trinajstić information content (AvgIpc) is 2.58. The molecule has 2 aliphatic heterocycles. The molecule has 0 amide bonds. The number of fused-ring (bicyclic) bond motifs is 2. The fraction of sp³-hybridized carbons (Fsp3) is 1.00. The van der Waals surface area contributed by atoms with Crippen molar-refractivity contribution in [3.05, 3.63) is 0 Å². The fourth-order valence-electron chi connectivity index (χ4n) is 3.57. The Morgan fingerprint density at radius 3 is 2.58 bits per heavy atom. The molecule has 0 aromatic carbocycles. The highest BCUT2D eigenvalue weighted by atomic mass is 15.3. The summed E-state index contributed by atoms with van der Waals surface area (Å²) < 4.78 is 0. The van der Waals surface area contributed by atoms with E-state index in [0.29, 0.717) is 6.04 Å². The predicted molar refractivity (Wildman–Crippen MR) is 82.5 cm³/mol. The number of likely N-dealkylation sites (tertiary alicyclic amines) is 1. The quantitative estimate of drug-likeness (QED) is 0.744. The van der Waals surface area contributed by atoms with Crippen molar-refractivity contribution in [3.63, 3.8) is 0 Å². The topological polar surface area (TPSA) is 18.5 Å². The Kier molecular flexibility index (Phi) is 5.67. The average molecular weight is 267 g/mol. The number of hydrogen-bond donors (Lipinski definition) is 1. The van der Waals surface area contributed by atoms with E-state index in [-0.39, 0.29) is 0 Å². The summed E-state index contributed by atoms with van der Waals surface area (Å²) in [5.41, 5.74) is 0. The molecule has 0 saturated carbocycles. The van der Waals surface area contributed by atoms with Crippen LogP contribution in [0.4, 0.5) is 0 Å². The van der Waals surface area contributed by atoms with Crippen LogP contribution in [0.5, 0.6) is 0 Å². The molecule has 3 heteroatoms. The molecule has 1 N–H and O–H groups in total. The van der Waals surface area contributed by atoms with Crippen molar-refractivity contribution in [1.82, 2.24) is 15.1 Å². The molecule has 2 heterocycles. The first-order valence-corrected chi connectivity index (χ1v) is 8.24. The molecule has 2 aliphatic rings. The fourth-order valence-corrected chi connectivity index (χ4v) is 3.57. The Labute approximate surface area is 119 Å². The molecule has 0 spiro atoms. The molecular formula is C16H33N3. The standard InChI is InChI=1S/C16H33N3/c1-13(2)7-9-17-11-14(3)19-10-8-15-5-6-16(12-19)18(15)4/h13-17H,5-12H2,1-4H3. The molecule has 2 fully saturated rings. The zero-order valence-electron chi connectivity index (χ0n) is 13.4. The van der Waals surface area contributed by atoms with Crippen molar-refractivity contribution in [2.45, 2.75) is 64.6 Å². The van der Waals surface area contributed by atoms with Crippen LogP contribution in [0.2, 0.25) is 0 Å². The molecule has 0 aromatic heterocycles. The molecule has 2 bridgehead atoms. The summed E-state index contributed by atoms with van der Waals surface area (Å²) in [7, 11) is 2.33. The van der Waals surface area contributed by atoms with Gasteiger partial charge in [0, 0.05) is 37.8 Å². The van der Waals surface area contributed by atoms with E-state index >= 15 is 0 Å². The van der Waals surface area contributed by atoms with Gasteiger partial charge >= 0.3 is 0 Å². The van der Waals surface area contributed by atoms with E-state index in [9.17, 15) is 0 Å². The van der Waals surface area contributed by atoms with E-state index < -0.39 is 0 Å². The molecule has 0 aliphatic carbocycles. The van der Waals surface area contributed by atoms with Gasteiger partial charge < -0.3 is 5.32 Å². The monoisotopic (exact) mass is 267 g/mol. The first-order valence-electron chi connectivity index (χ1n) is 8.24. The van der Waals surface area contributed by atoms with Gasteiger partial charge in [0.1, 0.15) is 0 Å². The maximum Gasteiger partial charge on any atom is 0.0223 e. The van der Waals surface area contributed by atoms with Crippen LogP contribution in [0.15, 0.2) is 0 Å². The van der Waals surface area contributed by atoms with Crippen LogP contribution in [0, 0.1) is 5.92 Å². The Hall–Kier alpha value is -0.120. The third kappa shape index (κ3) is 4.17. The van der Waals surface area contributed by atoms with Crippen molar-refractivity contribution in [2.75, 3.05) is 33.2 Å². The third-order valence-corrected chi connectivity index (χ3v) is 5.14. The van der Waals surface area contributed by atoms with Crippen molar-refractivity contribution < 1.29 is 0 Å². The van der Waals surface area contributed by atoms with E-state index in [1.54, 1.807) is 0 Å². The lowest BCUT2D eigenvalue weighted by Crippen LogP contribution is -2.45. The lowest BCUT2D eigenvalue weighted by atomic mass is 10.1. The van der Waals surface area contributed by atoms with E-state index in [4.69, 9.17) is 0 Å².